The summed E-state index contributed by atoms with van der Waals surface area (Å²) in [5.74, 6) is -0.111. The van der Waals surface area contributed by atoms with E-state index in [9.17, 15) is 13.2 Å². The van der Waals surface area contributed by atoms with Gasteiger partial charge in [-0.25, -0.2) is 8.42 Å². The van der Waals surface area contributed by atoms with E-state index < -0.39 is 9.84 Å². The molecule has 1 aromatic carbocycles. The predicted molar refractivity (Wildman–Crippen MR) is 115 cm³/mol. The number of nitrogens with zero attached hydrogens (tertiary/aromatic N) is 2. The van der Waals surface area contributed by atoms with Crippen molar-refractivity contribution in [2.45, 2.75) is 19.4 Å². The zero-order valence-corrected chi connectivity index (χ0v) is 18.3. The van der Waals surface area contributed by atoms with Gasteiger partial charge in [0, 0.05) is 10.2 Å². The number of hydrogen-bond acceptors (Lipinski definition) is 5. The van der Waals surface area contributed by atoms with Crippen molar-refractivity contribution in [2.75, 3.05) is 16.8 Å². The minimum atomic E-state index is -3.06. The summed E-state index contributed by atoms with van der Waals surface area (Å²) in [7, 11) is -3.06. The summed E-state index contributed by atoms with van der Waals surface area (Å²) in [6, 6.07) is 10.9. The molecule has 4 rings (SSSR count). The number of anilines is 1. The standard InChI is InChI=1S/C19H18BrN3O3S2/c1-12-9-13(4-5-15(12)20)21-19(24)16-10-17(18-3-2-7-27-18)23(22-16)14-6-8-28(25,26)11-14/h2-5,7,9-10,14H,6,8,11H2,1H3,(H,21,24)/t14-/m0/s1. The van der Waals surface area contributed by atoms with Crippen molar-refractivity contribution in [1.82, 2.24) is 9.78 Å². The number of aromatic nitrogens is 2. The van der Waals surface area contributed by atoms with Crippen LogP contribution in [0.3, 0.4) is 0 Å². The van der Waals surface area contributed by atoms with Gasteiger partial charge in [-0.05, 0) is 54.6 Å². The topological polar surface area (TPSA) is 81.1 Å². The monoisotopic (exact) mass is 479 g/mol. The maximum atomic E-state index is 12.8. The van der Waals surface area contributed by atoms with E-state index in [2.05, 4.69) is 26.3 Å². The molecule has 0 saturated carbocycles. The molecule has 0 radical (unpaired) electrons. The Kier molecular flexibility index (Phi) is 5.15. The number of halogens is 1. The van der Waals surface area contributed by atoms with Crippen LogP contribution in [0.15, 0.2) is 46.3 Å². The number of benzene rings is 1. The number of sulfone groups is 1. The van der Waals surface area contributed by atoms with Crippen molar-refractivity contribution >= 4 is 48.7 Å². The predicted octanol–water partition coefficient (Wildman–Crippen LogP) is 4.29. The van der Waals surface area contributed by atoms with Crippen LogP contribution in [0.25, 0.3) is 10.6 Å². The van der Waals surface area contributed by atoms with Crippen molar-refractivity contribution in [2.24, 2.45) is 0 Å². The molecular weight excluding hydrogens is 462 g/mol. The molecule has 9 heteroatoms. The number of carbonyl (C=O) groups is 1. The van der Waals surface area contributed by atoms with Crippen molar-refractivity contribution in [3.05, 3.63) is 57.5 Å². The van der Waals surface area contributed by atoms with Gasteiger partial charge in [0.1, 0.15) is 0 Å². The number of thiophene rings is 1. The van der Waals surface area contributed by atoms with Crippen LogP contribution in [0.2, 0.25) is 0 Å². The SMILES string of the molecule is Cc1cc(NC(=O)c2cc(-c3cccs3)n([C@H]3CCS(=O)(=O)C3)n2)ccc1Br. The lowest BCUT2D eigenvalue weighted by molar-refractivity contribution is 0.102. The van der Waals surface area contributed by atoms with Crippen molar-refractivity contribution in [1.29, 1.82) is 0 Å². The Balaban J connectivity index is 1.67. The van der Waals surface area contributed by atoms with E-state index in [0.29, 0.717) is 12.1 Å². The Bertz CT molecular complexity index is 1140. The molecule has 1 amide bonds. The van der Waals surface area contributed by atoms with Crippen molar-refractivity contribution in [3.63, 3.8) is 0 Å². The highest BCUT2D eigenvalue weighted by atomic mass is 79.9. The van der Waals surface area contributed by atoms with E-state index >= 15 is 0 Å². The number of nitrogens with one attached hydrogen (secondary N) is 1. The Morgan fingerprint density at radius 2 is 2.14 bits per heavy atom. The van der Waals surface area contributed by atoms with Crippen LogP contribution in [0, 0.1) is 6.92 Å². The third-order valence-electron chi connectivity index (χ3n) is 4.71. The van der Waals surface area contributed by atoms with Crippen LogP contribution in [0.5, 0.6) is 0 Å². The second-order valence-electron chi connectivity index (χ2n) is 6.81. The van der Waals surface area contributed by atoms with E-state index in [1.165, 1.54) is 11.3 Å². The summed E-state index contributed by atoms with van der Waals surface area (Å²) in [6.45, 7) is 1.95. The average molecular weight is 480 g/mol. The summed E-state index contributed by atoms with van der Waals surface area (Å²) in [6.07, 6.45) is 0.509. The van der Waals surface area contributed by atoms with Gasteiger partial charge >= 0.3 is 0 Å². The molecule has 1 atom stereocenters. The lowest BCUT2D eigenvalue weighted by Crippen LogP contribution is -2.16. The van der Waals surface area contributed by atoms with Crippen molar-refractivity contribution < 1.29 is 13.2 Å². The highest BCUT2D eigenvalue weighted by Crippen LogP contribution is 2.32. The van der Waals surface area contributed by atoms with Gasteiger partial charge in [0.05, 0.1) is 28.1 Å². The molecule has 1 fully saturated rings. The highest BCUT2D eigenvalue weighted by molar-refractivity contribution is 9.10. The first-order valence-electron chi connectivity index (χ1n) is 8.74. The number of amides is 1. The first-order chi connectivity index (χ1) is 13.3. The van der Waals surface area contributed by atoms with Crippen LogP contribution in [-0.2, 0) is 9.84 Å². The third-order valence-corrected chi connectivity index (χ3v) is 8.24. The molecule has 0 spiro atoms. The maximum absolute atomic E-state index is 12.8. The van der Waals surface area contributed by atoms with Gasteiger partial charge in [-0.1, -0.05) is 22.0 Å². The van der Waals surface area contributed by atoms with E-state index in [1.54, 1.807) is 10.7 Å². The van der Waals surface area contributed by atoms with Gasteiger partial charge in [-0.2, -0.15) is 5.10 Å². The summed E-state index contributed by atoms with van der Waals surface area (Å²) >= 11 is 4.98. The van der Waals surface area contributed by atoms with Gasteiger partial charge in [0.25, 0.3) is 5.91 Å². The fraction of sp³-hybridized carbons (Fsp3) is 0.263. The van der Waals surface area contributed by atoms with Gasteiger partial charge in [-0.15, -0.1) is 11.3 Å². The number of carbonyl (C=O) groups excluding carboxylic acids is 1. The lowest BCUT2D eigenvalue weighted by atomic mass is 10.2. The molecule has 2 aromatic heterocycles. The molecule has 0 unspecified atom stereocenters. The molecule has 28 heavy (non-hydrogen) atoms. The molecule has 1 aliphatic heterocycles. The van der Waals surface area contributed by atoms with Crippen LogP contribution in [-0.4, -0.2) is 35.6 Å². The molecule has 1 saturated heterocycles. The maximum Gasteiger partial charge on any atom is 0.276 e. The fourth-order valence-electron chi connectivity index (χ4n) is 3.28. The third kappa shape index (κ3) is 3.92. The summed E-state index contributed by atoms with van der Waals surface area (Å²) in [5, 5.41) is 9.30. The van der Waals surface area contributed by atoms with Crippen LogP contribution < -0.4 is 5.32 Å². The Hall–Kier alpha value is -1.97. The molecule has 6 nitrogen and oxygen atoms in total. The number of aryl methyl sites for hydroxylation is 1. The van der Waals surface area contributed by atoms with E-state index in [-0.39, 0.29) is 29.1 Å². The fourth-order valence-corrected chi connectivity index (χ4v) is 5.95. The van der Waals surface area contributed by atoms with Gasteiger partial charge < -0.3 is 5.32 Å². The molecule has 0 aliphatic carbocycles. The van der Waals surface area contributed by atoms with Crippen LogP contribution in [0.1, 0.15) is 28.5 Å². The summed E-state index contributed by atoms with van der Waals surface area (Å²) in [5.41, 5.74) is 2.74. The van der Waals surface area contributed by atoms with Crippen molar-refractivity contribution in [3.8, 4) is 10.6 Å². The average Bonchev–Trinajstić information content (AvgIpc) is 3.36. The van der Waals surface area contributed by atoms with Gasteiger partial charge in [-0.3, -0.25) is 9.48 Å². The molecule has 0 bridgehead atoms. The zero-order chi connectivity index (χ0) is 19.9. The summed E-state index contributed by atoms with van der Waals surface area (Å²) in [4.78, 5) is 13.7. The Labute approximate surface area is 175 Å². The molecule has 1 aliphatic rings. The van der Waals surface area contributed by atoms with Gasteiger partial charge in [0.2, 0.25) is 0 Å². The summed E-state index contributed by atoms with van der Waals surface area (Å²) < 4.78 is 26.5. The van der Waals surface area contributed by atoms with Gasteiger partial charge in [0.15, 0.2) is 15.5 Å². The van der Waals surface area contributed by atoms with E-state index in [0.717, 1.165) is 20.6 Å². The van der Waals surface area contributed by atoms with Crippen LogP contribution in [0.4, 0.5) is 5.69 Å². The number of rotatable bonds is 4. The lowest BCUT2D eigenvalue weighted by Gasteiger charge is -2.12. The Morgan fingerprint density at radius 1 is 1.32 bits per heavy atom. The van der Waals surface area contributed by atoms with E-state index in [4.69, 9.17) is 0 Å². The highest BCUT2D eigenvalue weighted by Gasteiger charge is 2.32. The largest absolute Gasteiger partial charge is 0.321 e. The second kappa shape index (κ2) is 7.46. The minimum absolute atomic E-state index is 0.0556. The normalized spacial score (nSPS) is 18.3. The molecular formula is C19H18BrN3O3S2. The minimum Gasteiger partial charge on any atom is -0.321 e. The first-order valence-corrected chi connectivity index (χ1v) is 12.2. The zero-order valence-electron chi connectivity index (χ0n) is 15.1. The number of hydrogen-bond donors (Lipinski definition) is 1. The smallest absolute Gasteiger partial charge is 0.276 e. The molecule has 1 N–H and O–H groups in total. The second-order valence-corrected chi connectivity index (χ2v) is 10.8. The first kappa shape index (κ1) is 19.4. The molecule has 3 heterocycles. The van der Waals surface area contributed by atoms with Crippen LogP contribution >= 0.6 is 27.3 Å². The quantitative estimate of drug-likeness (QED) is 0.604. The molecule has 146 valence electrons. The Morgan fingerprint density at radius 3 is 2.79 bits per heavy atom. The molecule has 3 aromatic rings. The van der Waals surface area contributed by atoms with E-state index in [1.807, 2.05) is 42.6 Å².